The van der Waals surface area contributed by atoms with Crippen LogP contribution >= 0.6 is 0 Å². The zero-order chi connectivity index (χ0) is 19.6. The number of amides is 2. The van der Waals surface area contributed by atoms with Crippen molar-refractivity contribution in [1.29, 1.82) is 0 Å². The van der Waals surface area contributed by atoms with Crippen LogP contribution in [0.25, 0.3) is 0 Å². The van der Waals surface area contributed by atoms with Crippen LogP contribution in [0.3, 0.4) is 0 Å². The molecule has 1 heterocycles. The molecule has 142 valence electrons. The molecule has 7 nitrogen and oxygen atoms in total. The molecule has 2 aromatic rings. The van der Waals surface area contributed by atoms with Crippen molar-refractivity contribution in [2.45, 2.75) is 19.9 Å². The SMILES string of the molecule is COc1ccc(C(C(C)C)N2NN(CC(N)=O)C(=O)c3ccccc32)cc1. The molecule has 0 spiro atoms. The fourth-order valence-corrected chi connectivity index (χ4v) is 3.35. The number of anilines is 1. The van der Waals surface area contributed by atoms with Crippen LogP contribution in [0.5, 0.6) is 5.75 Å². The molecular formula is C20H24N4O3. The Labute approximate surface area is 158 Å². The van der Waals surface area contributed by atoms with Crippen LogP contribution in [0, 0.1) is 5.92 Å². The van der Waals surface area contributed by atoms with E-state index in [0.29, 0.717) is 5.56 Å². The smallest absolute Gasteiger partial charge is 0.272 e. The molecular weight excluding hydrogens is 344 g/mol. The summed E-state index contributed by atoms with van der Waals surface area (Å²) in [6, 6.07) is 15.1. The second-order valence-corrected chi connectivity index (χ2v) is 6.81. The molecule has 1 aliphatic heterocycles. The highest BCUT2D eigenvalue weighted by Gasteiger charge is 2.35. The number of nitrogens with zero attached hydrogens (tertiary/aromatic N) is 2. The van der Waals surface area contributed by atoms with Gasteiger partial charge in [0.1, 0.15) is 12.3 Å². The van der Waals surface area contributed by atoms with Crippen LogP contribution < -0.4 is 21.0 Å². The minimum absolute atomic E-state index is 0.0828. The van der Waals surface area contributed by atoms with Crippen molar-refractivity contribution in [3.8, 4) is 5.75 Å². The largest absolute Gasteiger partial charge is 0.497 e. The van der Waals surface area contributed by atoms with Crippen LogP contribution in [0.1, 0.15) is 35.8 Å². The van der Waals surface area contributed by atoms with E-state index in [1.165, 1.54) is 5.01 Å². The summed E-state index contributed by atoms with van der Waals surface area (Å²) in [5.74, 6) is 0.125. The van der Waals surface area contributed by atoms with Crippen molar-refractivity contribution in [3.05, 3.63) is 59.7 Å². The molecule has 1 atom stereocenters. The molecule has 0 radical (unpaired) electrons. The molecule has 0 saturated carbocycles. The van der Waals surface area contributed by atoms with Gasteiger partial charge in [0.25, 0.3) is 5.91 Å². The average Bonchev–Trinajstić information content (AvgIpc) is 2.65. The third-order valence-electron chi connectivity index (χ3n) is 4.55. The summed E-state index contributed by atoms with van der Waals surface area (Å²) in [5, 5.41) is 3.18. The number of methoxy groups -OCH3 is 1. The molecule has 2 amide bonds. The molecule has 0 bridgehead atoms. The van der Waals surface area contributed by atoms with Crippen molar-refractivity contribution in [3.63, 3.8) is 0 Å². The molecule has 3 rings (SSSR count). The van der Waals surface area contributed by atoms with Crippen LogP contribution in [0.2, 0.25) is 0 Å². The minimum Gasteiger partial charge on any atom is -0.497 e. The molecule has 1 aliphatic rings. The number of carbonyl (C=O) groups is 2. The number of fused-ring (bicyclic) bond motifs is 1. The van der Waals surface area contributed by atoms with Gasteiger partial charge in [0.15, 0.2) is 0 Å². The highest BCUT2D eigenvalue weighted by atomic mass is 16.5. The number of nitrogens with one attached hydrogen (secondary N) is 1. The number of nitrogens with two attached hydrogens (primary N) is 1. The molecule has 1 unspecified atom stereocenters. The number of para-hydroxylation sites is 1. The molecule has 0 aromatic heterocycles. The van der Waals surface area contributed by atoms with E-state index in [4.69, 9.17) is 10.5 Å². The van der Waals surface area contributed by atoms with Crippen molar-refractivity contribution in [2.24, 2.45) is 11.7 Å². The maximum Gasteiger partial charge on any atom is 0.272 e. The maximum absolute atomic E-state index is 12.7. The summed E-state index contributed by atoms with van der Waals surface area (Å²) >= 11 is 0. The molecule has 0 saturated heterocycles. The maximum atomic E-state index is 12.7. The van der Waals surface area contributed by atoms with E-state index >= 15 is 0 Å². The Hall–Kier alpha value is -3.06. The Kier molecular flexibility index (Phi) is 5.32. The Morgan fingerprint density at radius 1 is 1.15 bits per heavy atom. The number of benzene rings is 2. The predicted molar refractivity (Wildman–Crippen MR) is 103 cm³/mol. The normalized spacial score (nSPS) is 14.9. The van der Waals surface area contributed by atoms with Gasteiger partial charge in [0.2, 0.25) is 5.91 Å². The monoisotopic (exact) mass is 368 g/mol. The second kappa shape index (κ2) is 7.67. The highest BCUT2D eigenvalue weighted by molar-refractivity contribution is 6.02. The number of primary amides is 1. The van der Waals surface area contributed by atoms with Gasteiger partial charge in [-0.15, -0.1) is 5.53 Å². The van der Waals surface area contributed by atoms with Gasteiger partial charge in [-0.25, -0.2) is 5.01 Å². The van der Waals surface area contributed by atoms with E-state index in [9.17, 15) is 9.59 Å². The third-order valence-corrected chi connectivity index (χ3v) is 4.55. The summed E-state index contributed by atoms with van der Waals surface area (Å²) in [7, 11) is 1.63. The predicted octanol–water partition coefficient (Wildman–Crippen LogP) is 2.26. The molecule has 0 aliphatic carbocycles. The van der Waals surface area contributed by atoms with E-state index in [1.807, 2.05) is 41.4 Å². The van der Waals surface area contributed by atoms with Crippen molar-refractivity contribution >= 4 is 17.5 Å². The molecule has 2 aromatic carbocycles. The summed E-state index contributed by atoms with van der Waals surface area (Å²) in [5.41, 5.74) is 10.8. The molecule has 27 heavy (non-hydrogen) atoms. The van der Waals surface area contributed by atoms with Gasteiger partial charge in [-0.05, 0) is 35.7 Å². The van der Waals surface area contributed by atoms with Gasteiger partial charge in [-0.2, -0.15) is 0 Å². The van der Waals surface area contributed by atoms with Gasteiger partial charge >= 0.3 is 0 Å². The lowest BCUT2D eigenvalue weighted by Crippen LogP contribution is -2.60. The quantitative estimate of drug-likeness (QED) is 0.817. The fourth-order valence-electron chi connectivity index (χ4n) is 3.35. The molecule has 3 N–H and O–H groups in total. The number of carbonyl (C=O) groups excluding carboxylic acids is 2. The summed E-state index contributed by atoms with van der Waals surface area (Å²) in [4.78, 5) is 24.2. The van der Waals surface area contributed by atoms with Crippen molar-refractivity contribution < 1.29 is 14.3 Å². The number of ether oxygens (including phenoxy) is 1. The first-order valence-electron chi connectivity index (χ1n) is 8.81. The minimum atomic E-state index is -0.583. The highest BCUT2D eigenvalue weighted by Crippen LogP contribution is 2.36. The Bertz CT molecular complexity index is 835. The Morgan fingerprint density at radius 3 is 2.41 bits per heavy atom. The zero-order valence-corrected chi connectivity index (χ0v) is 15.7. The summed E-state index contributed by atoms with van der Waals surface area (Å²) in [6.07, 6.45) is 0. The van der Waals surface area contributed by atoms with Crippen LogP contribution in [0.15, 0.2) is 48.5 Å². The van der Waals surface area contributed by atoms with Crippen molar-refractivity contribution in [1.82, 2.24) is 10.5 Å². The van der Waals surface area contributed by atoms with Gasteiger partial charge in [0.05, 0.1) is 24.4 Å². The van der Waals surface area contributed by atoms with Gasteiger partial charge in [-0.3, -0.25) is 14.6 Å². The Morgan fingerprint density at radius 2 is 1.81 bits per heavy atom. The molecule has 7 heteroatoms. The number of hydrogen-bond acceptors (Lipinski definition) is 5. The van der Waals surface area contributed by atoms with E-state index in [2.05, 4.69) is 19.4 Å². The second-order valence-electron chi connectivity index (χ2n) is 6.81. The van der Waals surface area contributed by atoms with Crippen LogP contribution in [-0.4, -0.2) is 30.5 Å². The first kappa shape index (κ1) is 18.7. The van der Waals surface area contributed by atoms with Crippen LogP contribution in [-0.2, 0) is 4.79 Å². The summed E-state index contributed by atoms with van der Waals surface area (Å²) in [6.45, 7) is 4.00. The van der Waals surface area contributed by atoms with E-state index in [1.54, 1.807) is 19.2 Å². The molecule has 0 fully saturated rings. The van der Waals surface area contributed by atoms with Gasteiger partial charge in [-0.1, -0.05) is 38.1 Å². The number of hydrazine groups is 2. The van der Waals surface area contributed by atoms with Crippen LogP contribution in [0.4, 0.5) is 5.69 Å². The number of hydrogen-bond donors (Lipinski definition) is 2. The van der Waals surface area contributed by atoms with E-state index in [0.717, 1.165) is 17.0 Å². The van der Waals surface area contributed by atoms with Crippen molar-refractivity contribution in [2.75, 3.05) is 18.7 Å². The number of rotatable bonds is 6. The first-order valence-corrected chi connectivity index (χ1v) is 8.81. The standard InChI is InChI=1S/C20H24N4O3/c1-13(2)19(14-8-10-15(27-3)11-9-14)24-17-7-5-4-6-16(17)20(26)23(22-24)12-18(21)25/h4-11,13,19,22H,12H2,1-3H3,(H2,21,25). The van der Waals surface area contributed by atoms with E-state index < -0.39 is 5.91 Å². The lowest BCUT2D eigenvalue weighted by atomic mass is 9.94. The average molecular weight is 368 g/mol. The fraction of sp³-hybridized carbons (Fsp3) is 0.300. The lowest BCUT2D eigenvalue weighted by Gasteiger charge is -2.43. The summed E-state index contributed by atoms with van der Waals surface area (Å²) < 4.78 is 5.25. The van der Waals surface area contributed by atoms with E-state index in [-0.39, 0.29) is 24.4 Å². The topological polar surface area (TPSA) is 87.9 Å². The first-order chi connectivity index (χ1) is 12.9. The lowest BCUT2D eigenvalue weighted by molar-refractivity contribution is -0.119. The Balaban J connectivity index is 2.05. The van der Waals surface area contributed by atoms with Gasteiger partial charge in [0, 0.05) is 0 Å². The third kappa shape index (κ3) is 3.73. The van der Waals surface area contributed by atoms with Gasteiger partial charge < -0.3 is 10.5 Å². The zero-order valence-electron chi connectivity index (χ0n) is 15.7.